The number of nitrogens with one attached hydrogen (secondary N) is 1. The molecule has 0 aliphatic rings. The van der Waals surface area contributed by atoms with Crippen molar-refractivity contribution in [3.8, 4) is 0 Å². The average Bonchev–Trinajstić information content (AvgIpc) is 2.70. The molecule has 0 aliphatic heterocycles. The maximum atomic E-state index is 13.5. The highest BCUT2D eigenvalue weighted by molar-refractivity contribution is 7.92. The van der Waals surface area contributed by atoms with Crippen LogP contribution in [0.4, 0.5) is 5.69 Å². The Balaban J connectivity index is 2.47. The van der Waals surface area contributed by atoms with Crippen LogP contribution in [0.2, 0.25) is 15.1 Å². The summed E-state index contributed by atoms with van der Waals surface area (Å²) in [5.74, 6) is -1.02. The molecular weight excluding hydrogens is 509 g/mol. The lowest BCUT2D eigenvalue weighted by Gasteiger charge is -2.32. The summed E-state index contributed by atoms with van der Waals surface area (Å²) in [6, 6.07) is 10.1. The summed E-state index contributed by atoms with van der Waals surface area (Å²) < 4.78 is 26.0. The zero-order valence-corrected chi connectivity index (χ0v) is 21.8. The molecule has 2 amide bonds. The lowest BCUT2D eigenvalue weighted by Crippen LogP contribution is -2.52. The van der Waals surface area contributed by atoms with Gasteiger partial charge in [-0.1, -0.05) is 53.0 Å². The second kappa shape index (κ2) is 11.4. The predicted molar refractivity (Wildman–Crippen MR) is 133 cm³/mol. The van der Waals surface area contributed by atoms with E-state index in [9.17, 15) is 18.0 Å². The van der Waals surface area contributed by atoms with Gasteiger partial charge in [0.25, 0.3) is 0 Å². The van der Waals surface area contributed by atoms with Crippen molar-refractivity contribution in [3.05, 3.63) is 63.1 Å². The summed E-state index contributed by atoms with van der Waals surface area (Å²) in [5, 5.41) is 3.58. The first kappa shape index (κ1) is 27.2. The van der Waals surface area contributed by atoms with Gasteiger partial charge in [-0.05, 0) is 45.0 Å². The van der Waals surface area contributed by atoms with Crippen LogP contribution in [0.25, 0.3) is 0 Å². The van der Waals surface area contributed by atoms with Crippen LogP contribution >= 0.6 is 34.8 Å². The summed E-state index contributed by atoms with van der Waals surface area (Å²) in [4.78, 5) is 27.4. The molecule has 0 saturated heterocycles. The van der Waals surface area contributed by atoms with Gasteiger partial charge in [-0.2, -0.15) is 0 Å². The van der Waals surface area contributed by atoms with E-state index in [1.165, 1.54) is 17.0 Å². The van der Waals surface area contributed by atoms with Crippen LogP contribution < -0.4 is 9.62 Å². The minimum Gasteiger partial charge on any atom is -0.352 e. The highest BCUT2D eigenvalue weighted by atomic mass is 35.5. The van der Waals surface area contributed by atoms with E-state index in [0.717, 1.165) is 10.6 Å². The number of carbonyl (C=O) groups excluding carboxylic acids is 2. The van der Waals surface area contributed by atoms with Crippen LogP contribution in [-0.2, 0) is 26.2 Å². The van der Waals surface area contributed by atoms with Crippen molar-refractivity contribution in [3.63, 3.8) is 0 Å². The average molecular weight is 535 g/mol. The largest absolute Gasteiger partial charge is 0.352 e. The molecule has 180 valence electrons. The molecule has 1 N–H and O–H groups in total. The number of para-hydroxylation sites is 1. The molecule has 0 radical (unpaired) electrons. The fourth-order valence-corrected chi connectivity index (χ4v) is 4.76. The van der Waals surface area contributed by atoms with Crippen molar-refractivity contribution in [1.29, 1.82) is 0 Å². The monoisotopic (exact) mass is 533 g/mol. The summed E-state index contributed by atoms with van der Waals surface area (Å²) in [5.41, 5.74) is 0.604. The van der Waals surface area contributed by atoms with E-state index in [2.05, 4.69) is 5.32 Å². The summed E-state index contributed by atoms with van der Waals surface area (Å²) >= 11 is 18.8. The molecule has 0 aromatic heterocycles. The van der Waals surface area contributed by atoms with Gasteiger partial charge < -0.3 is 10.2 Å². The van der Waals surface area contributed by atoms with Crippen molar-refractivity contribution in [2.24, 2.45) is 0 Å². The molecule has 0 spiro atoms. The maximum Gasteiger partial charge on any atom is 0.244 e. The van der Waals surface area contributed by atoms with Crippen LogP contribution in [0, 0.1) is 0 Å². The van der Waals surface area contributed by atoms with Crippen LogP contribution in [-0.4, -0.2) is 50.0 Å². The number of rotatable bonds is 9. The number of anilines is 1. The molecule has 0 fully saturated rings. The zero-order chi connectivity index (χ0) is 24.9. The van der Waals surface area contributed by atoms with E-state index < -0.39 is 34.4 Å². The zero-order valence-electron chi connectivity index (χ0n) is 18.7. The Morgan fingerprint density at radius 2 is 1.48 bits per heavy atom. The second-order valence-corrected chi connectivity index (χ2v) is 10.9. The van der Waals surface area contributed by atoms with Gasteiger partial charge in [0.15, 0.2) is 0 Å². The van der Waals surface area contributed by atoms with Crippen molar-refractivity contribution >= 4 is 62.3 Å². The third-order valence-corrected chi connectivity index (χ3v) is 6.94. The second-order valence-electron chi connectivity index (χ2n) is 7.78. The van der Waals surface area contributed by atoms with Gasteiger partial charge in [-0.3, -0.25) is 13.9 Å². The molecule has 0 bridgehead atoms. The number of amides is 2. The molecule has 7 nitrogen and oxygen atoms in total. The third kappa shape index (κ3) is 7.24. The van der Waals surface area contributed by atoms with Crippen LogP contribution in [0.15, 0.2) is 42.5 Å². The van der Waals surface area contributed by atoms with Crippen molar-refractivity contribution in [1.82, 2.24) is 10.2 Å². The van der Waals surface area contributed by atoms with Crippen molar-refractivity contribution in [2.75, 3.05) is 17.1 Å². The van der Waals surface area contributed by atoms with E-state index >= 15 is 0 Å². The van der Waals surface area contributed by atoms with Gasteiger partial charge in [-0.25, -0.2) is 8.42 Å². The number of carbonyl (C=O) groups is 2. The van der Waals surface area contributed by atoms with Gasteiger partial charge in [0.1, 0.15) is 12.6 Å². The molecule has 0 aliphatic carbocycles. The van der Waals surface area contributed by atoms with E-state index in [-0.39, 0.29) is 23.3 Å². The highest BCUT2D eigenvalue weighted by Crippen LogP contribution is 2.29. The Labute approximate surface area is 209 Å². The smallest absolute Gasteiger partial charge is 0.244 e. The highest BCUT2D eigenvalue weighted by Gasteiger charge is 2.31. The molecule has 0 heterocycles. The minimum atomic E-state index is -3.87. The standard InChI is InChI=1S/C22H26Cl3N3O4S/c1-14(2)26-22(30)15(3)27(12-16-17(23)9-7-10-18(16)24)21(29)13-28(33(4,31)32)20-11-6-5-8-19(20)25/h5-11,14-15H,12-13H2,1-4H3,(H,26,30). The third-order valence-electron chi connectivity index (χ3n) is 4.79. The Morgan fingerprint density at radius 3 is 2.00 bits per heavy atom. The molecule has 2 aromatic rings. The molecule has 2 rings (SSSR count). The molecule has 2 aromatic carbocycles. The Bertz CT molecular complexity index is 1110. The van der Waals surface area contributed by atoms with Gasteiger partial charge in [0.05, 0.1) is 17.0 Å². The fraction of sp³-hybridized carbons (Fsp3) is 0.364. The maximum absolute atomic E-state index is 13.5. The van der Waals surface area contributed by atoms with E-state index in [4.69, 9.17) is 34.8 Å². The van der Waals surface area contributed by atoms with Crippen LogP contribution in [0.1, 0.15) is 26.3 Å². The van der Waals surface area contributed by atoms with E-state index in [1.807, 2.05) is 0 Å². The minimum absolute atomic E-state index is 0.0931. The predicted octanol–water partition coefficient (Wildman–Crippen LogP) is 4.35. The molecule has 1 atom stereocenters. The Hall–Kier alpha value is -2.00. The first-order valence-corrected chi connectivity index (χ1v) is 13.1. The fourth-order valence-electron chi connectivity index (χ4n) is 3.09. The van der Waals surface area contributed by atoms with Gasteiger partial charge >= 0.3 is 0 Å². The molecule has 1 unspecified atom stereocenters. The topological polar surface area (TPSA) is 86.8 Å². The molecular formula is C22H26Cl3N3O4S. The van der Waals surface area contributed by atoms with E-state index in [1.54, 1.807) is 51.1 Å². The summed E-state index contributed by atoms with van der Waals surface area (Å²) in [7, 11) is -3.87. The van der Waals surface area contributed by atoms with Gasteiger partial charge in [-0.15, -0.1) is 0 Å². The van der Waals surface area contributed by atoms with Crippen LogP contribution in [0.3, 0.4) is 0 Å². The Kier molecular flexibility index (Phi) is 9.43. The van der Waals surface area contributed by atoms with Gasteiger partial charge in [0, 0.05) is 28.2 Å². The Morgan fingerprint density at radius 1 is 0.939 bits per heavy atom. The number of hydrogen-bond donors (Lipinski definition) is 1. The van der Waals surface area contributed by atoms with Crippen molar-refractivity contribution < 1.29 is 18.0 Å². The van der Waals surface area contributed by atoms with Gasteiger partial charge in [0.2, 0.25) is 21.8 Å². The number of hydrogen-bond acceptors (Lipinski definition) is 4. The number of halogens is 3. The molecule has 0 saturated carbocycles. The normalized spacial score (nSPS) is 12.4. The first-order valence-electron chi connectivity index (χ1n) is 10.1. The van der Waals surface area contributed by atoms with E-state index in [0.29, 0.717) is 15.6 Å². The number of sulfonamides is 1. The quantitative estimate of drug-likeness (QED) is 0.518. The summed E-state index contributed by atoms with van der Waals surface area (Å²) in [6.45, 7) is 4.49. The lowest BCUT2D eigenvalue weighted by atomic mass is 10.1. The lowest BCUT2D eigenvalue weighted by molar-refractivity contribution is -0.139. The number of nitrogens with zero attached hydrogens (tertiary/aromatic N) is 2. The number of benzene rings is 2. The summed E-state index contributed by atoms with van der Waals surface area (Å²) in [6.07, 6.45) is 0.980. The van der Waals surface area contributed by atoms with Crippen LogP contribution in [0.5, 0.6) is 0 Å². The SMILES string of the molecule is CC(C)NC(=O)C(C)N(Cc1c(Cl)cccc1Cl)C(=O)CN(c1ccccc1Cl)S(C)(=O)=O. The molecule has 33 heavy (non-hydrogen) atoms. The van der Waals surface area contributed by atoms with Crippen molar-refractivity contribution in [2.45, 2.75) is 39.4 Å². The molecule has 11 heteroatoms. The first-order chi connectivity index (χ1) is 15.3.